The minimum Gasteiger partial charge on any atom is -0.355 e. The van der Waals surface area contributed by atoms with Gasteiger partial charge in [-0.05, 0) is 57.8 Å². The van der Waals surface area contributed by atoms with E-state index >= 15 is 0 Å². The molecule has 1 saturated heterocycles. The van der Waals surface area contributed by atoms with Crippen molar-refractivity contribution in [3.8, 4) is 0 Å². The summed E-state index contributed by atoms with van der Waals surface area (Å²) in [6.45, 7) is 10.9. The summed E-state index contributed by atoms with van der Waals surface area (Å²) in [4.78, 5) is 6.95. The topological polar surface area (TPSA) is 39.7 Å². The van der Waals surface area contributed by atoms with Gasteiger partial charge in [0.2, 0.25) is 0 Å². The standard InChI is InChI=1S/C19H32N4/c1-16-10-6-7-11-17(16)14-21-18(20-4)22-15-19(2,3)23-12-8-5-9-13-23/h6-7,10-11H,5,8-9,12-15H2,1-4H3,(H2,20,21,22). The number of benzene rings is 1. The highest BCUT2D eigenvalue weighted by atomic mass is 15.2. The summed E-state index contributed by atoms with van der Waals surface area (Å²) in [5, 5.41) is 6.92. The average Bonchev–Trinajstić information content (AvgIpc) is 2.57. The molecule has 4 heteroatoms. The van der Waals surface area contributed by atoms with E-state index < -0.39 is 0 Å². The third-order valence-electron chi connectivity index (χ3n) is 4.83. The zero-order valence-corrected chi connectivity index (χ0v) is 15.2. The van der Waals surface area contributed by atoms with Crippen LogP contribution in [0.1, 0.15) is 44.2 Å². The van der Waals surface area contributed by atoms with E-state index in [2.05, 4.69) is 65.6 Å². The number of guanidine groups is 1. The van der Waals surface area contributed by atoms with Gasteiger partial charge in [-0.25, -0.2) is 0 Å². The van der Waals surface area contributed by atoms with Crippen LogP contribution >= 0.6 is 0 Å². The van der Waals surface area contributed by atoms with E-state index in [0.29, 0.717) is 0 Å². The van der Waals surface area contributed by atoms with E-state index in [1.807, 2.05) is 7.05 Å². The molecule has 4 nitrogen and oxygen atoms in total. The number of hydrogen-bond acceptors (Lipinski definition) is 2. The number of aliphatic imine (C=N–C) groups is 1. The Labute approximate surface area is 141 Å². The zero-order valence-electron chi connectivity index (χ0n) is 15.2. The van der Waals surface area contributed by atoms with Crippen LogP contribution in [0.2, 0.25) is 0 Å². The molecule has 1 aromatic rings. The second kappa shape index (κ2) is 8.34. The van der Waals surface area contributed by atoms with E-state index in [-0.39, 0.29) is 5.54 Å². The smallest absolute Gasteiger partial charge is 0.191 e. The Kier molecular flexibility index (Phi) is 6.46. The van der Waals surface area contributed by atoms with Gasteiger partial charge in [0.25, 0.3) is 0 Å². The number of nitrogens with zero attached hydrogens (tertiary/aromatic N) is 2. The Morgan fingerprint density at radius 3 is 2.48 bits per heavy atom. The van der Waals surface area contributed by atoms with Crippen LogP contribution in [0.4, 0.5) is 0 Å². The molecule has 1 heterocycles. The molecule has 0 aliphatic carbocycles. The van der Waals surface area contributed by atoms with Crippen LogP contribution in [0.15, 0.2) is 29.3 Å². The fourth-order valence-corrected chi connectivity index (χ4v) is 3.12. The largest absolute Gasteiger partial charge is 0.355 e. The predicted molar refractivity (Wildman–Crippen MR) is 98.9 cm³/mol. The molecule has 0 amide bonds. The quantitative estimate of drug-likeness (QED) is 0.648. The lowest BCUT2D eigenvalue weighted by Gasteiger charge is -2.41. The highest BCUT2D eigenvalue weighted by Gasteiger charge is 2.27. The first-order valence-corrected chi connectivity index (χ1v) is 8.77. The second-order valence-electron chi connectivity index (χ2n) is 7.07. The maximum Gasteiger partial charge on any atom is 0.191 e. The van der Waals surface area contributed by atoms with E-state index in [0.717, 1.165) is 19.0 Å². The molecule has 1 aromatic carbocycles. The number of piperidine rings is 1. The zero-order chi connectivity index (χ0) is 16.7. The van der Waals surface area contributed by atoms with Gasteiger partial charge in [0.1, 0.15) is 0 Å². The maximum absolute atomic E-state index is 4.36. The first-order valence-electron chi connectivity index (χ1n) is 8.77. The molecule has 2 rings (SSSR count). The molecule has 0 saturated carbocycles. The first kappa shape index (κ1) is 17.8. The molecule has 0 atom stereocenters. The van der Waals surface area contributed by atoms with Crippen LogP contribution in [0, 0.1) is 6.92 Å². The second-order valence-corrected chi connectivity index (χ2v) is 7.07. The van der Waals surface area contributed by atoms with Crippen molar-refractivity contribution in [1.82, 2.24) is 15.5 Å². The van der Waals surface area contributed by atoms with Gasteiger partial charge in [0.15, 0.2) is 5.96 Å². The highest BCUT2D eigenvalue weighted by Crippen LogP contribution is 2.19. The molecule has 1 aliphatic rings. The van der Waals surface area contributed by atoms with Crippen molar-refractivity contribution in [3.05, 3.63) is 35.4 Å². The molecule has 0 spiro atoms. The van der Waals surface area contributed by atoms with Crippen LogP contribution < -0.4 is 10.6 Å². The number of rotatable bonds is 5. The Morgan fingerprint density at radius 1 is 1.13 bits per heavy atom. The minimum atomic E-state index is 0.153. The minimum absolute atomic E-state index is 0.153. The molecule has 2 N–H and O–H groups in total. The van der Waals surface area contributed by atoms with E-state index in [4.69, 9.17) is 0 Å². The summed E-state index contributed by atoms with van der Waals surface area (Å²) in [5.41, 5.74) is 2.77. The van der Waals surface area contributed by atoms with E-state index in [9.17, 15) is 0 Å². The lowest BCUT2D eigenvalue weighted by Crippen LogP contribution is -2.54. The van der Waals surface area contributed by atoms with Gasteiger partial charge in [-0.3, -0.25) is 9.89 Å². The number of aryl methyl sites for hydroxylation is 1. The number of hydrogen-bond donors (Lipinski definition) is 2. The van der Waals surface area contributed by atoms with Gasteiger partial charge in [-0.2, -0.15) is 0 Å². The van der Waals surface area contributed by atoms with Crippen molar-refractivity contribution in [2.24, 2.45) is 4.99 Å². The predicted octanol–water partition coefficient (Wildman–Crippen LogP) is 2.92. The van der Waals surface area contributed by atoms with Crippen molar-refractivity contribution in [2.45, 2.75) is 52.1 Å². The van der Waals surface area contributed by atoms with Gasteiger partial charge in [-0.15, -0.1) is 0 Å². The fraction of sp³-hybridized carbons (Fsp3) is 0.632. The molecule has 1 aliphatic heterocycles. The van der Waals surface area contributed by atoms with Gasteiger partial charge in [0.05, 0.1) is 0 Å². The van der Waals surface area contributed by atoms with Gasteiger partial charge >= 0.3 is 0 Å². The highest BCUT2D eigenvalue weighted by molar-refractivity contribution is 5.79. The SMILES string of the molecule is CN=C(NCc1ccccc1C)NCC(C)(C)N1CCCCC1. The Morgan fingerprint density at radius 2 is 1.83 bits per heavy atom. The summed E-state index contributed by atoms with van der Waals surface area (Å²) in [6, 6.07) is 8.46. The summed E-state index contributed by atoms with van der Waals surface area (Å²) in [7, 11) is 1.83. The molecule has 0 aromatic heterocycles. The molecule has 23 heavy (non-hydrogen) atoms. The fourth-order valence-electron chi connectivity index (χ4n) is 3.12. The van der Waals surface area contributed by atoms with Crippen LogP contribution in [-0.2, 0) is 6.54 Å². The molecule has 1 fully saturated rings. The lowest BCUT2D eigenvalue weighted by atomic mass is 9.98. The Hall–Kier alpha value is -1.55. The molecule has 0 bridgehead atoms. The van der Waals surface area contributed by atoms with E-state index in [1.165, 1.54) is 43.5 Å². The maximum atomic E-state index is 4.36. The molecular weight excluding hydrogens is 284 g/mol. The monoisotopic (exact) mass is 316 g/mol. The van der Waals surface area contributed by atoms with Crippen molar-refractivity contribution < 1.29 is 0 Å². The first-order chi connectivity index (χ1) is 11.0. The third-order valence-corrected chi connectivity index (χ3v) is 4.83. The number of nitrogens with one attached hydrogen (secondary N) is 2. The van der Waals surface area contributed by atoms with Crippen molar-refractivity contribution in [3.63, 3.8) is 0 Å². The average molecular weight is 316 g/mol. The molecule has 0 radical (unpaired) electrons. The van der Waals surface area contributed by atoms with E-state index in [1.54, 1.807) is 0 Å². The van der Waals surface area contributed by atoms with Gasteiger partial charge in [-0.1, -0.05) is 30.7 Å². The van der Waals surface area contributed by atoms with Crippen LogP contribution in [-0.4, -0.2) is 43.1 Å². The Balaban J connectivity index is 1.83. The number of likely N-dealkylation sites (tertiary alicyclic amines) is 1. The summed E-state index contributed by atoms with van der Waals surface area (Å²) in [6.07, 6.45) is 4.02. The summed E-state index contributed by atoms with van der Waals surface area (Å²) < 4.78 is 0. The lowest BCUT2D eigenvalue weighted by molar-refractivity contribution is 0.0982. The van der Waals surface area contributed by atoms with Crippen molar-refractivity contribution in [1.29, 1.82) is 0 Å². The van der Waals surface area contributed by atoms with Gasteiger partial charge in [0, 0.05) is 25.7 Å². The molecule has 0 unspecified atom stereocenters. The Bertz CT molecular complexity index is 516. The third kappa shape index (κ3) is 5.24. The summed E-state index contributed by atoms with van der Waals surface area (Å²) in [5.74, 6) is 0.873. The van der Waals surface area contributed by atoms with Gasteiger partial charge < -0.3 is 10.6 Å². The van der Waals surface area contributed by atoms with Crippen molar-refractivity contribution >= 4 is 5.96 Å². The molecular formula is C19H32N4. The van der Waals surface area contributed by atoms with Crippen LogP contribution in [0.3, 0.4) is 0 Å². The van der Waals surface area contributed by atoms with Crippen molar-refractivity contribution in [2.75, 3.05) is 26.7 Å². The van der Waals surface area contributed by atoms with Crippen LogP contribution in [0.25, 0.3) is 0 Å². The normalized spacial score (nSPS) is 17.1. The summed E-state index contributed by atoms with van der Waals surface area (Å²) >= 11 is 0. The van der Waals surface area contributed by atoms with Crippen LogP contribution in [0.5, 0.6) is 0 Å². The molecule has 128 valence electrons.